The minimum Gasteiger partial charge on any atom is -0.507 e. The third kappa shape index (κ3) is 3.66. The summed E-state index contributed by atoms with van der Waals surface area (Å²) in [6, 6.07) is 14.1. The molecule has 0 radical (unpaired) electrons. The van der Waals surface area contributed by atoms with Crippen LogP contribution in [-0.2, 0) is 10.8 Å². The number of aryl methyl sites for hydroxylation is 1. The van der Waals surface area contributed by atoms with Gasteiger partial charge >= 0.3 is 0 Å². The summed E-state index contributed by atoms with van der Waals surface area (Å²) in [6.07, 6.45) is 1.89. The second kappa shape index (κ2) is 7.25. The van der Waals surface area contributed by atoms with E-state index in [1.807, 2.05) is 51.1 Å². The van der Waals surface area contributed by atoms with Gasteiger partial charge in [-0.3, -0.25) is 0 Å². The lowest BCUT2D eigenvalue weighted by Gasteiger charge is -2.35. The maximum atomic E-state index is 10.7. The molecular weight excluding hydrogens is 315 g/mol. The third-order valence-electron chi connectivity index (χ3n) is 4.92. The summed E-state index contributed by atoms with van der Waals surface area (Å²) in [5.41, 5.74) is 2.04. The molecule has 0 aromatic heterocycles. The van der Waals surface area contributed by atoms with Crippen LogP contribution in [0.2, 0.25) is 0 Å². The third-order valence-corrected chi connectivity index (χ3v) is 7.08. The summed E-state index contributed by atoms with van der Waals surface area (Å²) in [6.45, 7) is 9.98. The quantitative estimate of drug-likeness (QED) is 0.728. The molecule has 24 heavy (non-hydrogen) atoms. The van der Waals surface area contributed by atoms with Crippen molar-refractivity contribution in [2.75, 3.05) is 0 Å². The molecule has 2 N–H and O–H groups in total. The first-order valence-corrected chi connectivity index (χ1v) is 9.64. The molecule has 0 fully saturated rings. The number of hydrogen-bond donors (Lipinski definition) is 2. The Morgan fingerprint density at radius 3 is 2.08 bits per heavy atom. The molecule has 0 amide bonds. The van der Waals surface area contributed by atoms with E-state index in [-0.39, 0.29) is 5.16 Å². The zero-order chi connectivity index (χ0) is 18.0. The van der Waals surface area contributed by atoms with Crippen LogP contribution in [0.3, 0.4) is 0 Å². The van der Waals surface area contributed by atoms with E-state index in [9.17, 15) is 10.2 Å². The van der Waals surface area contributed by atoms with Crippen LogP contribution in [0.15, 0.2) is 42.5 Å². The highest BCUT2D eigenvalue weighted by atomic mass is 31.1. The summed E-state index contributed by atoms with van der Waals surface area (Å²) >= 11 is 0. The van der Waals surface area contributed by atoms with Crippen LogP contribution in [0.1, 0.15) is 57.2 Å². The van der Waals surface area contributed by atoms with Crippen molar-refractivity contribution in [3.05, 3.63) is 59.2 Å². The number of para-hydroxylation sites is 1. The molecule has 0 bridgehead atoms. The zero-order valence-corrected chi connectivity index (χ0v) is 16.4. The van der Waals surface area contributed by atoms with Gasteiger partial charge in [-0.15, -0.1) is 0 Å². The number of phenols is 1. The molecule has 0 aliphatic heterocycles. The van der Waals surface area contributed by atoms with Gasteiger partial charge in [0.15, 0.2) is 0 Å². The molecule has 3 heteroatoms. The lowest BCUT2D eigenvalue weighted by molar-refractivity contribution is 0.0797. The predicted molar refractivity (Wildman–Crippen MR) is 105 cm³/mol. The second-order valence-corrected chi connectivity index (χ2v) is 8.74. The fourth-order valence-corrected chi connectivity index (χ4v) is 5.21. The van der Waals surface area contributed by atoms with Gasteiger partial charge in [-0.25, -0.2) is 0 Å². The first kappa shape index (κ1) is 19.0. The molecule has 1 unspecified atom stereocenters. The van der Waals surface area contributed by atoms with E-state index in [1.165, 1.54) is 5.30 Å². The number of phenolic OH excluding ortho intramolecular Hbond substituents is 1. The fourth-order valence-electron chi connectivity index (χ4n) is 3.30. The average Bonchev–Trinajstić information content (AvgIpc) is 2.55. The van der Waals surface area contributed by atoms with Gasteiger partial charge in [-0.2, -0.15) is 0 Å². The fraction of sp³-hybridized carbons (Fsp3) is 0.429. The van der Waals surface area contributed by atoms with Gasteiger partial charge in [-0.05, 0) is 50.0 Å². The van der Waals surface area contributed by atoms with E-state index >= 15 is 0 Å². The Morgan fingerprint density at radius 1 is 0.917 bits per heavy atom. The summed E-state index contributed by atoms with van der Waals surface area (Å²) in [4.78, 5) is 0. The van der Waals surface area contributed by atoms with Crippen LogP contribution in [-0.4, -0.2) is 10.2 Å². The van der Waals surface area contributed by atoms with Crippen molar-refractivity contribution < 1.29 is 10.2 Å². The van der Waals surface area contributed by atoms with Crippen LogP contribution in [0.4, 0.5) is 0 Å². The van der Waals surface area contributed by atoms with E-state index in [4.69, 9.17) is 0 Å². The Balaban J connectivity index is 2.56. The van der Waals surface area contributed by atoms with Gasteiger partial charge in [0, 0.05) is 10.7 Å². The minimum absolute atomic E-state index is 0.114. The standard InChI is InChI=1S/C21H29O2P/c1-6-21(7-2,17-13-10-11-15(3)19(17)22)24-18-14-9-8-12-16(18)20(4,5)23/h8-14,22-24H,6-7H2,1-5H3. The summed E-state index contributed by atoms with van der Waals surface area (Å²) < 4.78 is 0. The Kier molecular flexibility index (Phi) is 5.73. The maximum absolute atomic E-state index is 10.7. The van der Waals surface area contributed by atoms with Crippen LogP contribution >= 0.6 is 8.58 Å². The summed E-state index contributed by atoms with van der Waals surface area (Å²) in [5.74, 6) is 0.412. The molecular formula is C21H29O2P. The number of rotatable bonds is 6. The minimum atomic E-state index is -0.870. The largest absolute Gasteiger partial charge is 0.507 e. The molecule has 2 nitrogen and oxygen atoms in total. The first-order chi connectivity index (χ1) is 11.2. The van der Waals surface area contributed by atoms with Crippen molar-refractivity contribution in [3.8, 4) is 5.75 Å². The Morgan fingerprint density at radius 2 is 1.50 bits per heavy atom. The predicted octanol–water partition coefficient (Wildman–Crippen LogP) is 4.95. The summed E-state index contributed by atoms with van der Waals surface area (Å²) in [7, 11) is 0.488. The zero-order valence-electron chi connectivity index (χ0n) is 15.4. The van der Waals surface area contributed by atoms with Crippen molar-refractivity contribution in [1.82, 2.24) is 0 Å². The molecule has 2 aromatic rings. The van der Waals surface area contributed by atoms with E-state index in [1.54, 1.807) is 0 Å². The van der Waals surface area contributed by atoms with E-state index in [0.29, 0.717) is 14.3 Å². The van der Waals surface area contributed by atoms with Crippen molar-refractivity contribution in [3.63, 3.8) is 0 Å². The Labute approximate surface area is 147 Å². The first-order valence-electron chi connectivity index (χ1n) is 8.64. The Bertz CT molecular complexity index is 697. The van der Waals surface area contributed by atoms with Gasteiger partial charge in [-0.1, -0.05) is 64.9 Å². The van der Waals surface area contributed by atoms with Crippen LogP contribution in [0, 0.1) is 6.92 Å². The van der Waals surface area contributed by atoms with Crippen molar-refractivity contribution in [1.29, 1.82) is 0 Å². The smallest absolute Gasteiger partial charge is 0.122 e. The molecule has 2 rings (SSSR count). The molecule has 0 heterocycles. The SMILES string of the molecule is CCC(CC)(Pc1ccccc1C(C)(C)O)c1cccc(C)c1O. The van der Waals surface area contributed by atoms with Crippen LogP contribution in [0.5, 0.6) is 5.75 Å². The van der Waals surface area contributed by atoms with Crippen LogP contribution < -0.4 is 5.30 Å². The van der Waals surface area contributed by atoms with Gasteiger partial charge in [0.05, 0.1) is 5.60 Å². The number of aromatic hydroxyl groups is 1. The lowest BCUT2D eigenvalue weighted by Crippen LogP contribution is -2.28. The van der Waals surface area contributed by atoms with Crippen molar-refractivity contribution in [2.24, 2.45) is 0 Å². The number of hydrogen-bond acceptors (Lipinski definition) is 2. The molecule has 1 atom stereocenters. The number of aliphatic hydroxyl groups is 1. The normalized spacial score (nSPS) is 12.9. The Hall–Kier alpha value is -1.37. The molecule has 2 aromatic carbocycles. The molecule has 0 aliphatic rings. The molecule has 0 aliphatic carbocycles. The van der Waals surface area contributed by atoms with Crippen molar-refractivity contribution >= 4 is 13.9 Å². The highest BCUT2D eigenvalue weighted by Gasteiger charge is 2.33. The second-order valence-electron chi connectivity index (χ2n) is 6.99. The number of benzene rings is 2. The highest BCUT2D eigenvalue weighted by molar-refractivity contribution is 7.48. The maximum Gasteiger partial charge on any atom is 0.122 e. The van der Waals surface area contributed by atoms with Gasteiger partial charge < -0.3 is 10.2 Å². The topological polar surface area (TPSA) is 40.5 Å². The van der Waals surface area contributed by atoms with E-state index in [2.05, 4.69) is 26.0 Å². The highest BCUT2D eigenvalue weighted by Crippen LogP contribution is 2.51. The van der Waals surface area contributed by atoms with Crippen LogP contribution in [0.25, 0.3) is 0 Å². The van der Waals surface area contributed by atoms with Crippen molar-refractivity contribution in [2.45, 2.75) is 58.2 Å². The average molecular weight is 344 g/mol. The summed E-state index contributed by atoms with van der Waals surface area (Å²) in [5, 5.41) is 22.3. The van der Waals surface area contributed by atoms with Gasteiger partial charge in [0.1, 0.15) is 5.75 Å². The van der Waals surface area contributed by atoms with E-state index < -0.39 is 5.60 Å². The molecule has 130 valence electrons. The van der Waals surface area contributed by atoms with E-state index in [0.717, 1.165) is 29.5 Å². The molecule has 0 spiro atoms. The lowest BCUT2D eigenvalue weighted by atomic mass is 9.90. The van der Waals surface area contributed by atoms with Gasteiger partial charge in [0.25, 0.3) is 0 Å². The molecule has 0 saturated heterocycles. The molecule has 0 saturated carbocycles. The van der Waals surface area contributed by atoms with Gasteiger partial charge in [0.2, 0.25) is 0 Å². The monoisotopic (exact) mass is 344 g/mol.